The maximum absolute atomic E-state index is 11.4. The van der Waals surface area contributed by atoms with Crippen molar-refractivity contribution < 1.29 is 9.90 Å². The zero-order chi connectivity index (χ0) is 14.8. The summed E-state index contributed by atoms with van der Waals surface area (Å²) in [6.45, 7) is 13.2. The van der Waals surface area contributed by atoms with Crippen LogP contribution in [0, 0.1) is 20.8 Å². The molecule has 0 saturated carbocycles. The minimum atomic E-state index is -0.847. The summed E-state index contributed by atoms with van der Waals surface area (Å²) in [6, 6.07) is 4.34. The van der Waals surface area contributed by atoms with Crippen LogP contribution in [-0.4, -0.2) is 28.1 Å². The standard InChI is InChI=1S/C16H25NO2/c1-7-17(16(5,6)15(18)19)10-14-9-12(3)11(2)8-13(14)4/h8-9H,7,10H2,1-6H3,(H,18,19). The summed E-state index contributed by atoms with van der Waals surface area (Å²) in [5.74, 6) is -0.782. The minimum Gasteiger partial charge on any atom is -0.480 e. The van der Waals surface area contributed by atoms with Crippen LogP contribution >= 0.6 is 0 Å². The number of likely N-dealkylation sites (N-methyl/N-ethyl adjacent to an activating group) is 1. The third-order valence-corrected chi connectivity index (χ3v) is 4.01. The van der Waals surface area contributed by atoms with Gasteiger partial charge in [-0.2, -0.15) is 0 Å². The molecular weight excluding hydrogens is 238 g/mol. The SMILES string of the molecule is CCN(Cc1cc(C)c(C)cc1C)C(C)(C)C(=O)O. The average molecular weight is 263 g/mol. The first-order chi connectivity index (χ1) is 8.70. The lowest BCUT2D eigenvalue weighted by atomic mass is 9.97. The molecule has 19 heavy (non-hydrogen) atoms. The van der Waals surface area contributed by atoms with Crippen LogP contribution in [0.1, 0.15) is 43.0 Å². The van der Waals surface area contributed by atoms with E-state index >= 15 is 0 Å². The Morgan fingerprint density at radius 3 is 2.16 bits per heavy atom. The maximum Gasteiger partial charge on any atom is 0.323 e. The topological polar surface area (TPSA) is 40.5 Å². The first kappa shape index (κ1) is 15.7. The molecule has 0 unspecified atom stereocenters. The van der Waals surface area contributed by atoms with E-state index in [1.807, 2.05) is 11.8 Å². The third-order valence-electron chi connectivity index (χ3n) is 4.01. The van der Waals surface area contributed by atoms with Gasteiger partial charge in [-0.1, -0.05) is 19.1 Å². The number of carboxylic acid groups (broad SMARTS) is 1. The lowest BCUT2D eigenvalue weighted by molar-refractivity contribution is -0.149. The van der Waals surface area contributed by atoms with Gasteiger partial charge in [0.05, 0.1) is 0 Å². The molecule has 1 aromatic carbocycles. The molecule has 0 aromatic heterocycles. The highest BCUT2D eigenvalue weighted by Crippen LogP contribution is 2.22. The van der Waals surface area contributed by atoms with Crippen LogP contribution in [0.2, 0.25) is 0 Å². The Morgan fingerprint density at radius 1 is 1.16 bits per heavy atom. The normalized spacial score (nSPS) is 11.9. The molecule has 0 fully saturated rings. The number of hydrogen-bond donors (Lipinski definition) is 1. The second kappa shape index (κ2) is 5.74. The molecule has 0 aliphatic heterocycles. The summed E-state index contributed by atoms with van der Waals surface area (Å²) >= 11 is 0. The van der Waals surface area contributed by atoms with E-state index in [0.717, 1.165) is 0 Å². The highest BCUT2D eigenvalue weighted by atomic mass is 16.4. The molecular formula is C16H25NO2. The number of aryl methyl sites for hydroxylation is 3. The Labute approximate surface area is 116 Å². The molecule has 1 aromatic rings. The van der Waals surface area contributed by atoms with E-state index in [9.17, 15) is 9.90 Å². The predicted octanol–water partition coefficient (Wildman–Crippen LogP) is 3.30. The summed E-state index contributed by atoms with van der Waals surface area (Å²) in [6.07, 6.45) is 0. The van der Waals surface area contributed by atoms with Crippen molar-refractivity contribution in [3.05, 3.63) is 34.4 Å². The molecule has 0 bridgehead atoms. The van der Waals surface area contributed by atoms with Gasteiger partial charge < -0.3 is 5.11 Å². The third kappa shape index (κ3) is 3.35. The lowest BCUT2D eigenvalue weighted by Gasteiger charge is -2.34. The summed E-state index contributed by atoms with van der Waals surface area (Å²) in [4.78, 5) is 13.4. The number of hydrogen-bond acceptors (Lipinski definition) is 2. The quantitative estimate of drug-likeness (QED) is 0.886. The molecule has 3 heteroatoms. The van der Waals surface area contributed by atoms with Crippen LogP contribution in [0.25, 0.3) is 0 Å². The molecule has 0 amide bonds. The number of rotatable bonds is 5. The molecule has 1 N–H and O–H groups in total. The highest BCUT2D eigenvalue weighted by Gasteiger charge is 2.33. The predicted molar refractivity (Wildman–Crippen MR) is 78.5 cm³/mol. The first-order valence-electron chi connectivity index (χ1n) is 6.75. The van der Waals surface area contributed by atoms with E-state index in [2.05, 4.69) is 32.9 Å². The molecule has 0 radical (unpaired) electrons. The van der Waals surface area contributed by atoms with Crippen molar-refractivity contribution in [1.82, 2.24) is 4.90 Å². The molecule has 0 heterocycles. The van der Waals surface area contributed by atoms with Crippen molar-refractivity contribution in [3.8, 4) is 0 Å². The number of benzene rings is 1. The van der Waals surface area contributed by atoms with Gasteiger partial charge in [0.2, 0.25) is 0 Å². The van der Waals surface area contributed by atoms with Gasteiger partial charge in [-0.15, -0.1) is 0 Å². The molecule has 0 atom stereocenters. The molecule has 1 rings (SSSR count). The highest BCUT2D eigenvalue weighted by molar-refractivity contribution is 5.77. The van der Waals surface area contributed by atoms with Gasteiger partial charge in [-0.3, -0.25) is 9.69 Å². The zero-order valence-electron chi connectivity index (χ0n) is 12.9. The van der Waals surface area contributed by atoms with E-state index in [-0.39, 0.29) is 0 Å². The van der Waals surface area contributed by atoms with Gasteiger partial charge in [0.25, 0.3) is 0 Å². The molecule has 0 spiro atoms. The van der Waals surface area contributed by atoms with Crippen molar-refractivity contribution >= 4 is 5.97 Å². The second-order valence-corrected chi connectivity index (χ2v) is 5.74. The Morgan fingerprint density at radius 2 is 1.68 bits per heavy atom. The van der Waals surface area contributed by atoms with Crippen molar-refractivity contribution in [2.24, 2.45) is 0 Å². The molecule has 3 nitrogen and oxygen atoms in total. The Kier molecular flexibility index (Phi) is 4.75. The van der Waals surface area contributed by atoms with E-state index in [4.69, 9.17) is 0 Å². The fourth-order valence-electron chi connectivity index (χ4n) is 2.24. The summed E-state index contributed by atoms with van der Waals surface area (Å²) < 4.78 is 0. The van der Waals surface area contributed by atoms with Crippen molar-refractivity contribution in [2.75, 3.05) is 6.54 Å². The fraction of sp³-hybridized carbons (Fsp3) is 0.562. The second-order valence-electron chi connectivity index (χ2n) is 5.74. The zero-order valence-corrected chi connectivity index (χ0v) is 12.9. The summed E-state index contributed by atoms with van der Waals surface area (Å²) in [5.41, 5.74) is 4.12. The van der Waals surface area contributed by atoms with E-state index in [1.165, 1.54) is 22.3 Å². The smallest absolute Gasteiger partial charge is 0.323 e. The monoisotopic (exact) mass is 263 g/mol. The Bertz CT molecular complexity index is 478. The van der Waals surface area contributed by atoms with E-state index in [1.54, 1.807) is 13.8 Å². The van der Waals surface area contributed by atoms with E-state index in [0.29, 0.717) is 13.1 Å². The van der Waals surface area contributed by atoms with Crippen molar-refractivity contribution in [1.29, 1.82) is 0 Å². The van der Waals surface area contributed by atoms with Gasteiger partial charge >= 0.3 is 5.97 Å². The van der Waals surface area contributed by atoms with E-state index < -0.39 is 11.5 Å². The summed E-state index contributed by atoms with van der Waals surface area (Å²) in [7, 11) is 0. The van der Waals surface area contributed by atoms with Crippen LogP contribution in [0.4, 0.5) is 0 Å². The Hall–Kier alpha value is -1.35. The van der Waals surface area contributed by atoms with Crippen LogP contribution in [-0.2, 0) is 11.3 Å². The summed E-state index contributed by atoms with van der Waals surface area (Å²) in [5, 5.41) is 9.35. The van der Waals surface area contributed by atoms with Crippen LogP contribution in [0.5, 0.6) is 0 Å². The molecule has 0 aliphatic rings. The maximum atomic E-state index is 11.4. The van der Waals surface area contributed by atoms with Gasteiger partial charge in [0.1, 0.15) is 5.54 Å². The average Bonchev–Trinajstić information content (AvgIpc) is 2.31. The molecule has 106 valence electrons. The van der Waals surface area contributed by atoms with Crippen molar-refractivity contribution in [3.63, 3.8) is 0 Å². The first-order valence-corrected chi connectivity index (χ1v) is 6.75. The largest absolute Gasteiger partial charge is 0.480 e. The van der Waals surface area contributed by atoms with Gasteiger partial charge in [0, 0.05) is 6.54 Å². The number of aliphatic carboxylic acids is 1. The fourth-order valence-corrected chi connectivity index (χ4v) is 2.24. The van der Waals surface area contributed by atoms with Gasteiger partial charge in [0.15, 0.2) is 0 Å². The minimum absolute atomic E-state index is 0.669. The molecule has 0 aliphatic carbocycles. The van der Waals surface area contributed by atoms with Crippen LogP contribution < -0.4 is 0 Å². The number of carbonyl (C=O) groups is 1. The number of nitrogens with zero attached hydrogens (tertiary/aromatic N) is 1. The lowest BCUT2D eigenvalue weighted by Crippen LogP contribution is -2.49. The number of carboxylic acids is 1. The van der Waals surface area contributed by atoms with Gasteiger partial charge in [-0.05, 0) is 63.4 Å². The van der Waals surface area contributed by atoms with Gasteiger partial charge in [-0.25, -0.2) is 0 Å². The van der Waals surface area contributed by atoms with Crippen molar-refractivity contribution in [2.45, 2.75) is 53.6 Å². The van der Waals surface area contributed by atoms with Crippen LogP contribution in [0.3, 0.4) is 0 Å². The van der Waals surface area contributed by atoms with Crippen LogP contribution in [0.15, 0.2) is 12.1 Å². The Balaban J connectivity index is 3.06. The molecule has 0 saturated heterocycles.